The first kappa shape index (κ1) is 16.7. The molecule has 0 saturated heterocycles. The molecule has 0 aromatic heterocycles. The Bertz CT molecular complexity index is 814. The van der Waals surface area contributed by atoms with Crippen LogP contribution in [0.1, 0.15) is 0 Å². The van der Waals surface area contributed by atoms with Crippen LogP contribution >= 0.6 is 0 Å². The van der Waals surface area contributed by atoms with Gasteiger partial charge in [-0.3, -0.25) is 15.0 Å². The molecule has 1 unspecified atom stereocenters. The van der Waals surface area contributed by atoms with E-state index in [1.165, 1.54) is 18.2 Å². The number of benzene rings is 1. The minimum absolute atomic E-state index is 0.0480. The molecule has 130 valence electrons. The molecule has 3 amide bonds. The molecular formula is C15H10F4N4O2. The number of anilines is 1. The van der Waals surface area contributed by atoms with Gasteiger partial charge in [0.15, 0.2) is 0 Å². The zero-order valence-electron chi connectivity index (χ0n) is 12.3. The molecule has 0 aliphatic carbocycles. The second kappa shape index (κ2) is 5.72. The van der Waals surface area contributed by atoms with Crippen LogP contribution in [0.25, 0.3) is 0 Å². The Morgan fingerprint density at radius 2 is 1.84 bits per heavy atom. The summed E-state index contributed by atoms with van der Waals surface area (Å²) in [4.78, 5) is 28.3. The average molecular weight is 354 g/mol. The van der Waals surface area contributed by atoms with Crippen molar-refractivity contribution in [1.82, 2.24) is 10.2 Å². The molecule has 0 saturated carbocycles. The largest absolute Gasteiger partial charge is 0.442 e. The van der Waals surface area contributed by atoms with Crippen molar-refractivity contribution in [3.8, 4) is 0 Å². The fourth-order valence-corrected chi connectivity index (χ4v) is 2.29. The van der Waals surface area contributed by atoms with Gasteiger partial charge in [0, 0.05) is 11.9 Å². The fraction of sp³-hybridized carbons (Fsp3) is 0.133. The molecule has 1 aromatic carbocycles. The molecule has 2 aliphatic heterocycles. The maximum atomic E-state index is 13.6. The fourth-order valence-electron chi connectivity index (χ4n) is 2.29. The van der Waals surface area contributed by atoms with Gasteiger partial charge in [-0.2, -0.15) is 13.2 Å². The van der Waals surface area contributed by atoms with Crippen LogP contribution in [0.4, 0.5) is 28.0 Å². The van der Waals surface area contributed by atoms with Gasteiger partial charge >= 0.3 is 17.9 Å². The first-order valence-electron chi connectivity index (χ1n) is 6.93. The number of aliphatic imine (C=N–C) groups is 1. The van der Waals surface area contributed by atoms with E-state index in [9.17, 15) is 27.2 Å². The van der Waals surface area contributed by atoms with Crippen molar-refractivity contribution in [2.24, 2.45) is 4.99 Å². The Morgan fingerprint density at radius 3 is 2.44 bits per heavy atom. The number of amidine groups is 1. The Labute approximate surface area is 138 Å². The summed E-state index contributed by atoms with van der Waals surface area (Å²) in [5.41, 5.74) is -3.39. The van der Waals surface area contributed by atoms with E-state index in [1.807, 2.05) is 0 Å². The standard InChI is InChI=1S/C15H10F4N4O2/c16-9-4-6-10(7-5-9)20-13(25)22-14(15(17,18)19)12(24)23-8-2-1-3-11(23)21-14/h1-8H,(H2,20,22,25). The highest BCUT2D eigenvalue weighted by Gasteiger charge is 2.66. The summed E-state index contributed by atoms with van der Waals surface area (Å²) in [6.45, 7) is 0. The Kier molecular flexibility index (Phi) is 3.82. The lowest BCUT2D eigenvalue weighted by Crippen LogP contribution is -2.63. The first-order valence-corrected chi connectivity index (χ1v) is 6.93. The number of alkyl halides is 3. The number of carbonyl (C=O) groups excluding carboxylic acids is 2. The van der Waals surface area contributed by atoms with Crippen LogP contribution in [0.5, 0.6) is 0 Å². The number of nitrogens with one attached hydrogen (secondary N) is 2. The number of urea groups is 1. The normalized spacial score (nSPS) is 21.8. The summed E-state index contributed by atoms with van der Waals surface area (Å²) in [5.74, 6) is -2.28. The number of hydrogen-bond acceptors (Lipinski definition) is 3. The smallest absolute Gasteiger partial charge is 0.308 e. The van der Waals surface area contributed by atoms with Gasteiger partial charge in [0.25, 0.3) is 5.91 Å². The van der Waals surface area contributed by atoms with Crippen LogP contribution < -0.4 is 10.6 Å². The molecule has 1 atom stereocenters. The molecule has 2 aliphatic rings. The van der Waals surface area contributed by atoms with E-state index in [0.717, 1.165) is 30.5 Å². The van der Waals surface area contributed by atoms with Crippen LogP contribution in [-0.4, -0.2) is 34.5 Å². The van der Waals surface area contributed by atoms with E-state index in [4.69, 9.17) is 0 Å². The quantitative estimate of drug-likeness (QED) is 0.801. The number of fused-ring (bicyclic) bond motifs is 1. The predicted octanol–water partition coefficient (Wildman–Crippen LogP) is 2.53. The van der Waals surface area contributed by atoms with Crippen molar-refractivity contribution in [1.29, 1.82) is 0 Å². The summed E-state index contributed by atoms with van der Waals surface area (Å²) in [5, 5.41) is 3.69. The lowest BCUT2D eigenvalue weighted by Gasteiger charge is -2.28. The highest BCUT2D eigenvalue weighted by atomic mass is 19.4. The number of allylic oxidation sites excluding steroid dienone is 2. The van der Waals surface area contributed by atoms with Crippen LogP contribution in [0.15, 0.2) is 53.7 Å². The summed E-state index contributed by atoms with van der Waals surface area (Å²) in [6.07, 6.45) is -0.0645. The maximum absolute atomic E-state index is 13.6. The molecular weight excluding hydrogens is 344 g/mol. The highest BCUT2D eigenvalue weighted by Crippen LogP contribution is 2.38. The molecule has 6 nitrogen and oxygen atoms in total. The van der Waals surface area contributed by atoms with Gasteiger partial charge in [0.2, 0.25) is 0 Å². The summed E-state index contributed by atoms with van der Waals surface area (Å²) < 4.78 is 53.5. The lowest BCUT2D eigenvalue weighted by atomic mass is 10.1. The number of halogens is 4. The van der Waals surface area contributed by atoms with E-state index in [2.05, 4.69) is 10.3 Å². The second-order valence-electron chi connectivity index (χ2n) is 5.14. The molecule has 10 heteroatoms. The Balaban J connectivity index is 1.88. The van der Waals surface area contributed by atoms with Crippen LogP contribution in [0.2, 0.25) is 0 Å². The van der Waals surface area contributed by atoms with Gasteiger partial charge in [-0.25, -0.2) is 14.2 Å². The van der Waals surface area contributed by atoms with E-state index in [-0.39, 0.29) is 11.5 Å². The van der Waals surface area contributed by atoms with Gasteiger partial charge in [0.05, 0.1) is 0 Å². The topological polar surface area (TPSA) is 73.8 Å². The minimum Gasteiger partial charge on any atom is -0.308 e. The second-order valence-corrected chi connectivity index (χ2v) is 5.14. The minimum atomic E-state index is -5.17. The summed E-state index contributed by atoms with van der Waals surface area (Å²) in [6, 6.07) is 3.05. The monoisotopic (exact) mass is 354 g/mol. The number of carbonyl (C=O) groups is 2. The van der Waals surface area contributed by atoms with E-state index in [1.54, 1.807) is 5.32 Å². The Morgan fingerprint density at radius 1 is 1.16 bits per heavy atom. The van der Waals surface area contributed by atoms with Gasteiger partial charge in [-0.15, -0.1) is 0 Å². The summed E-state index contributed by atoms with van der Waals surface area (Å²) >= 11 is 0. The summed E-state index contributed by atoms with van der Waals surface area (Å²) in [7, 11) is 0. The molecule has 0 bridgehead atoms. The molecule has 2 heterocycles. The van der Waals surface area contributed by atoms with Gasteiger partial charge in [-0.05, 0) is 36.4 Å². The SMILES string of the molecule is O=C(Nc1ccc(F)cc1)NC1(C(F)(F)F)N=C2C=CC=CN2C1=O. The van der Waals surface area contributed by atoms with Crippen molar-refractivity contribution in [2.45, 2.75) is 11.8 Å². The highest BCUT2D eigenvalue weighted by molar-refractivity contribution is 6.15. The average Bonchev–Trinajstić information content (AvgIpc) is 2.83. The number of rotatable bonds is 2. The third-order valence-electron chi connectivity index (χ3n) is 3.46. The molecule has 3 rings (SSSR count). The zero-order chi connectivity index (χ0) is 18.2. The lowest BCUT2D eigenvalue weighted by molar-refractivity contribution is -0.194. The number of amides is 3. The predicted molar refractivity (Wildman–Crippen MR) is 79.9 cm³/mol. The zero-order valence-corrected chi connectivity index (χ0v) is 12.3. The van der Waals surface area contributed by atoms with Crippen molar-refractivity contribution in [2.75, 3.05) is 5.32 Å². The van der Waals surface area contributed by atoms with Crippen LogP contribution in [0.3, 0.4) is 0 Å². The van der Waals surface area contributed by atoms with Gasteiger partial charge < -0.3 is 5.32 Å². The van der Waals surface area contributed by atoms with E-state index < -0.39 is 29.6 Å². The van der Waals surface area contributed by atoms with Gasteiger partial charge in [0.1, 0.15) is 11.7 Å². The molecule has 1 aromatic rings. The molecule has 25 heavy (non-hydrogen) atoms. The third kappa shape index (κ3) is 2.86. The first-order chi connectivity index (χ1) is 11.7. The molecule has 0 spiro atoms. The van der Waals surface area contributed by atoms with Gasteiger partial charge in [-0.1, -0.05) is 6.08 Å². The maximum Gasteiger partial charge on any atom is 0.442 e. The van der Waals surface area contributed by atoms with E-state index in [0.29, 0.717) is 4.90 Å². The Hall–Kier alpha value is -3.17. The van der Waals surface area contributed by atoms with Crippen molar-refractivity contribution < 1.29 is 27.2 Å². The molecule has 2 N–H and O–H groups in total. The molecule has 0 radical (unpaired) electrons. The van der Waals surface area contributed by atoms with Crippen LogP contribution in [0, 0.1) is 5.82 Å². The number of nitrogens with zero attached hydrogens (tertiary/aromatic N) is 2. The van der Waals surface area contributed by atoms with Crippen molar-refractivity contribution >= 4 is 23.5 Å². The third-order valence-corrected chi connectivity index (χ3v) is 3.46. The van der Waals surface area contributed by atoms with Crippen molar-refractivity contribution in [3.05, 3.63) is 54.5 Å². The van der Waals surface area contributed by atoms with Crippen molar-refractivity contribution in [3.63, 3.8) is 0 Å². The van der Waals surface area contributed by atoms with E-state index >= 15 is 0 Å². The molecule has 0 fully saturated rings. The number of hydrogen-bond donors (Lipinski definition) is 2. The van der Waals surface area contributed by atoms with Crippen LogP contribution in [-0.2, 0) is 4.79 Å².